The van der Waals surface area contributed by atoms with Gasteiger partial charge in [-0.25, -0.2) is 4.39 Å². The lowest BCUT2D eigenvalue weighted by molar-refractivity contribution is 0.615. The zero-order valence-electron chi connectivity index (χ0n) is 7.64. The molecular formula is C11H11Cl2F. The van der Waals surface area contributed by atoms with E-state index in [1.807, 2.05) is 12.2 Å². The second kappa shape index (κ2) is 6.05. The Balaban J connectivity index is 2.66. The lowest BCUT2D eigenvalue weighted by atomic mass is 10.1. The molecule has 0 aliphatic rings. The Bertz CT molecular complexity index is 301. The summed E-state index contributed by atoms with van der Waals surface area (Å²) in [4.78, 5) is 0. The zero-order valence-corrected chi connectivity index (χ0v) is 9.15. The van der Waals surface area contributed by atoms with Crippen molar-refractivity contribution < 1.29 is 4.39 Å². The van der Waals surface area contributed by atoms with Crippen LogP contribution in [-0.2, 0) is 6.42 Å². The van der Waals surface area contributed by atoms with Crippen molar-refractivity contribution in [1.29, 1.82) is 0 Å². The van der Waals surface area contributed by atoms with Crippen LogP contribution in [0, 0.1) is 5.82 Å². The summed E-state index contributed by atoms with van der Waals surface area (Å²) in [5.41, 5.74) is 0.542. The van der Waals surface area contributed by atoms with Gasteiger partial charge >= 0.3 is 0 Å². The number of hydrogen-bond acceptors (Lipinski definition) is 0. The monoisotopic (exact) mass is 232 g/mol. The summed E-state index contributed by atoms with van der Waals surface area (Å²) >= 11 is 11.3. The maximum absolute atomic E-state index is 13.2. The van der Waals surface area contributed by atoms with Crippen LogP contribution in [0.4, 0.5) is 4.39 Å². The standard InChI is InChI=1S/C11H11Cl2F/c12-8-3-1-2-5-9-10(13)6-4-7-11(9)14/h1-2,4,6-7H,3,5,8H2. The molecule has 0 spiro atoms. The van der Waals surface area contributed by atoms with Crippen molar-refractivity contribution in [3.8, 4) is 0 Å². The Labute approximate surface area is 93.3 Å². The Morgan fingerprint density at radius 2 is 2.07 bits per heavy atom. The van der Waals surface area contributed by atoms with Crippen LogP contribution in [0.3, 0.4) is 0 Å². The van der Waals surface area contributed by atoms with Gasteiger partial charge in [-0.3, -0.25) is 0 Å². The molecule has 1 aromatic carbocycles. The van der Waals surface area contributed by atoms with E-state index >= 15 is 0 Å². The minimum Gasteiger partial charge on any atom is -0.207 e. The molecule has 0 atom stereocenters. The summed E-state index contributed by atoms with van der Waals surface area (Å²) in [6, 6.07) is 4.70. The zero-order chi connectivity index (χ0) is 10.4. The molecule has 0 fully saturated rings. The highest BCUT2D eigenvalue weighted by Crippen LogP contribution is 2.19. The van der Waals surface area contributed by atoms with Gasteiger partial charge in [-0.2, -0.15) is 0 Å². The van der Waals surface area contributed by atoms with Crippen molar-refractivity contribution in [2.45, 2.75) is 12.8 Å². The fourth-order valence-corrected chi connectivity index (χ4v) is 1.48. The lowest BCUT2D eigenvalue weighted by Crippen LogP contribution is -1.89. The molecule has 0 saturated carbocycles. The molecule has 1 rings (SSSR count). The molecule has 0 unspecified atom stereocenters. The lowest BCUT2D eigenvalue weighted by Gasteiger charge is -2.01. The predicted molar refractivity (Wildman–Crippen MR) is 59.6 cm³/mol. The molecule has 1 aromatic rings. The minimum atomic E-state index is -0.256. The molecule has 0 nitrogen and oxygen atoms in total. The second-order valence-corrected chi connectivity index (χ2v) is 3.64. The predicted octanol–water partition coefficient (Wildman–Crippen LogP) is 4.21. The molecule has 14 heavy (non-hydrogen) atoms. The average molecular weight is 233 g/mol. The summed E-state index contributed by atoms with van der Waals surface area (Å²) in [5, 5.41) is 0.473. The summed E-state index contributed by atoms with van der Waals surface area (Å²) in [6.07, 6.45) is 5.12. The van der Waals surface area contributed by atoms with Gasteiger partial charge in [0.05, 0.1) is 0 Å². The van der Waals surface area contributed by atoms with Crippen LogP contribution in [0.2, 0.25) is 5.02 Å². The Kier molecular flexibility index (Phi) is 4.99. The first kappa shape index (κ1) is 11.5. The van der Waals surface area contributed by atoms with Gasteiger partial charge in [0.1, 0.15) is 5.82 Å². The van der Waals surface area contributed by atoms with E-state index in [0.717, 1.165) is 6.42 Å². The van der Waals surface area contributed by atoms with Crippen LogP contribution in [0.5, 0.6) is 0 Å². The largest absolute Gasteiger partial charge is 0.207 e. The van der Waals surface area contributed by atoms with Crippen LogP contribution in [-0.4, -0.2) is 5.88 Å². The van der Waals surface area contributed by atoms with Crippen LogP contribution in [0.15, 0.2) is 30.4 Å². The summed E-state index contributed by atoms with van der Waals surface area (Å²) in [5.74, 6) is 0.328. The van der Waals surface area contributed by atoms with E-state index < -0.39 is 0 Å². The first-order valence-electron chi connectivity index (χ1n) is 4.39. The second-order valence-electron chi connectivity index (χ2n) is 2.85. The molecular weight excluding hydrogens is 222 g/mol. The molecule has 0 aromatic heterocycles. The Morgan fingerprint density at radius 3 is 2.71 bits per heavy atom. The number of halogens is 3. The molecule has 0 amide bonds. The maximum atomic E-state index is 13.2. The van der Waals surface area contributed by atoms with Crippen molar-refractivity contribution in [3.05, 3.63) is 46.8 Å². The van der Waals surface area contributed by atoms with Gasteiger partial charge in [0, 0.05) is 16.5 Å². The Morgan fingerprint density at radius 1 is 1.29 bits per heavy atom. The molecule has 0 heterocycles. The molecule has 0 aliphatic heterocycles. The van der Waals surface area contributed by atoms with Gasteiger partial charge in [-0.15, -0.1) is 11.6 Å². The molecule has 0 saturated heterocycles. The van der Waals surface area contributed by atoms with E-state index in [1.54, 1.807) is 12.1 Å². The third kappa shape index (κ3) is 3.32. The topological polar surface area (TPSA) is 0 Å². The number of rotatable bonds is 4. The van der Waals surface area contributed by atoms with Gasteiger partial charge < -0.3 is 0 Å². The maximum Gasteiger partial charge on any atom is 0.128 e. The van der Waals surface area contributed by atoms with Gasteiger partial charge in [0.25, 0.3) is 0 Å². The van der Waals surface area contributed by atoms with E-state index in [2.05, 4.69) is 0 Å². The fraction of sp³-hybridized carbons (Fsp3) is 0.273. The SMILES string of the molecule is Fc1cccc(Cl)c1CC=CCCCl. The van der Waals surface area contributed by atoms with E-state index in [4.69, 9.17) is 23.2 Å². The first-order chi connectivity index (χ1) is 6.75. The van der Waals surface area contributed by atoms with Crippen LogP contribution < -0.4 is 0 Å². The van der Waals surface area contributed by atoms with Gasteiger partial charge in [0.15, 0.2) is 0 Å². The number of hydrogen-bond donors (Lipinski definition) is 0. The highest BCUT2D eigenvalue weighted by atomic mass is 35.5. The summed E-state index contributed by atoms with van der Waals surface area (Å²) in [6.45, 7) is 0. The van der Waals surface area contributed by atoms with E-state index in [-0.39, 0.29) is 5.82 Å². The van der Waals surface area contributed by atoms with E-state index in [9.17, 15) is 4.39 Å². The third-order valence-electron chi connectivity index (χ3n) is 1.83. The normalized spacial score (nSPS) is 11.1. The van der Waals surface area contributed by atoms with Crippen molar-refractivity contribution >= 4 is 23.2 Å². The number of allylic oxidation sites excluding steroid dienone is 2. The Hall–Kier alpha value is -0.530. The van der Waals surface area contributed by atoms with E-state index in [1.165, 1.54) is 6.07 Å². The van der Waals surface area contributed by atoms with Crippen LogP contribution in [0.1, 0.15) is 12.0 Å². The quantitative estimate of drug-likeness (QED) is 0.539. The highest BCUT2D eigenvalue weighted by molar-refractivity contribution is 6.31. The first-order valence-corrected chi connectivity index (χ1v) is 5.31. The smallest absolute Gasteiger partial charge is 0.128 e. The highest BCUT2D eigenvalue weighted by Gasteiger charge is 2.03. The number of alkyl halides is 1. The van der Waals surface area contributed by atoms with Crippen molar-refractivity contribution in [1.82, 2.24) is 0 Å². The number of benzene rings is 1. The summed E-state index contributed by atoms with van der Waals surface area (Å²) in [7, 11) is 0. The van der Waals surface area contributed by atoms with Gasteiger partial charge in [-0.05, 0) is 25.0 Å². The molecule has 0 radical (unpaired) electrons. The van der Waals surface area contributed by atoms with Crippen molar-refractivity contribution in [3.63, 3.8) is 0 Å². The molecule has 3 heteroatoms. The van der Waals surface area contributed by atoms with Crippen LogP contribution >= 0.6 is 23.2 Å². The van der Waals surface area contributed by atoms with Crippen molar-refractivity contribution in [2.75, 3.05) is 5.88 Å². The third-order valence-corrected chi connectivity index (χ3v) is 2.40. The van der Waals surface area contributed by atoms with Crippen LogP contribution in [0.25, 0.3) is 0 Å². The molecule has 76 valence electrons. The average Bonchev–Trinajstić information content (AvgIpc) is 2.16. The molecule has 0 N–H and O–H groups in total. The molecule has 0 bridgehead atoms. The molecule has 0 aliphatic carbocycles. The van der Waals surface area contributed by atoms with Crippen molar-refractivity contribution in [2.24, 2.45) is 0 Å². The van der Waals surface area contributed by atoms with Gasteiger partial charge in [0.2, 0.25) is 0 Å². The minimum absolute atomic E-state index is 0.256. The van der Waals surface area contributed by atoms with E-state index in [0.29, 0.717) is 22.9 Å². The summed E-state index contributed by atoms with van der Waals surface area (Å²) < 4.78 is 13.2. The fourth-order valence-electron chi connectivity index (χ4n) is 1.11. The van der Waals surface area contributed by atoms with Gasteiger partial charge in [-0.1, -0.05) is 29.8 Å².